The zero-order valence-electron chi connectivity index (χ0n) is 11.0. The van der Waals surface area contributed by atoms with Crippen LogP contribution in [0.3, 0.4) is 0 Å². The SMILES string of the molecule is Cc1csc(N2CCN(C(=O)c3ccc(Cl)o3)CC2)n1. The summed E-state index contributed by atoms with van der Waals surface area (Å²) in [7, 11) is 0. The van der Waals surface area contributed by atoms with Gasteiger partial charge < -0.3 is 14.2 Å². The van der Waals surface area contributed by atoms with Crippen LogP contribution in [0.25, 0.3) is 0 Å². The zero-order valence-corrected chi connectivity index (χ0v) is 12.6. The van der Waals surface area contributed by atoms with Gasteiger partial charge in [-0.1, -0.05) is 0 Å². The van der Waals surface area contributed by atoms with Crippen LogP contribution in [0.4, 0.5) is 5.13 Å². The molecule has 106 valence electrons. The summed E-state index contributed by atoms with van der Waals surface area (Å²) < 4.78 is 5.16. The second-order valence-electron chi connectivity index (χ2n) is 4.65. The number of aromatic nitrogens is 1. The normalized spacial score (nSPS) is 15.7. The van der Waals surface area contributed by atoms with Crippen molar-refractivity contribution in [3.63, 3.8) is 0 Å². The molecule has 1 fully saturated rings. The molecule has 0 spiro atoms. The van der Waals surface area contributed by atoms with E-state index < -0.39 is 0 Å². The van der Waals surface area contributed by atoms with Crippen LogP contribution in [-0.4, -0.2) is 42.0 Å². The van der Waals surface area contributed by atoms with Crippen LogP contribution in [-0.2, 0) is 0 Å². The van der Waals surface area contributed by atoms with Crippen molar-refractivity contribution in [1.29, 1.82) is 0 Å². The lowest BCUT2D eigenvalue weighted by atomic mass is 10.3. The third-order valence-corrected chi connectivity index (χ3v) is 4.45. The number of hydrogen-bond donors (Lipinski definition) is 0. The molecule has 0 aromatic carbocycles. The van der Waals surface area contributed by atoms with Crippen molar-refractivity contribution in [2.75, 3.05) is 31.1 Å². The minimum atomic E-state index is -0.105. The fourth-order valence-electron chi connectivity index (χ4n) is 2.17. The number of furan rings is 1. The maximum Gasteiger partial charge on any atom is 0.289 e. The predicted octanol–water partition coefficient (Wildman–Crippen LogP) is 2.66. The van der Waals surface area contributed by atoms with E-state index in [1.807, 2.05) is 12.3 Å². The number of anilines is 1. The minimum Gasteiger partial charge on any atom is -0.440 e. The first-order chi connectivity index (χ1) is 9.63. The van der Waals surface area contributed by atoms with Crippen LogP contribution in [0.2, 0.25) is 5.22 Å². The summed E-state index contributed by atoms with van der Waals surface area (Å²) in [5.74, 6) is 0.195. The van der Waals surface area contributed by atoms with Crippen molar-refractivity contribution < 1.29 is 9.21 Å². The van der Waals surface area contributed by atoms with Crippen LogP contribution < -0.4 is 4.90 Å². The molecule has 0 aliphatic carbocycles. The Kier molecular flexibility index (Phi) is 3.67. The van der Waals surface area contributed by atoms with E-state index in [0.717, 1.165) is 23.9 Å². The molecule has 0 radical (unpaired) electrons. The molecular weight excluding hydrogens is 298 g/mol. The molecule has 20 heavy (non-hydrogen) atoms. The van der Waals surface area contributed by atoms with Gasteiger partial charge >= 0.3 is 0 Å². The van der Waals surface area contributed by atoms with Gasteiger partial charge in [0.15, 0.2) is 16.1 Å². The van der Waals surface area contributed by atoms with E-state index in [1.165, 1.54) is 0 Å². The van der Waals surface area contributed by atoms with E-state index in [1.54, 1.807) is 28.4 Å². The molecule has 0 unspecified atom stereocenters. The number of carbonyl (C=O) groups is 1. The highest BCUT2D eigenvalue weighted by molar-refractivity contribution is 7.13. The lowest BCUT2D eigenvalue weighted by molar-refractivity contribution is 0.0715. The van der Waals surface area contributed by atoms with Crippen molar-refractivity contribution in [2.24, 2.45) is 0 Å². The van der Waals surface area contributed by atoms with Gasteiger partial charge in [0, 0.05) is 31.6 Å². The minimum absolute atomic E-state index is 0.105. The molecule has 0 bridgehead atoms. The summed E-state index contributed by atoms with van der Waals surface area (Å²) in [4.78, 5) is 20.7. The second-order valence-corrected chi connectivity index (χ2v) is 5.86. The fraction of sp³-hybridized carbons (Fsp3) is 0.385. The van der Waals surface area contributed by atoms with E-state index in [-0.39, 0.29) is 11.1 Å². The first-order valence-corrected chi connectivity index (χ1v) is 7.61. The third kappa shape index (κ3) is 2.66. The fourth-order valence-corrected chi connectivity index (χ4v) is 3.18. The highest BCUT2D eigenvalue weighted by Gasteiger charge is 2.25. The van der Waals surface area contributed by atoms with Gasteiger partial charge in [0.25, 0.3) is 5.91 Å². The lowest BCUT2D eigenvalue weighted by Gasteiger charge is -2.34. The number of rotatable bonds is 2. The standard InChI is InChI=1S/C13H14ClN3O2S/c1-9-8-20-13(15-9)17-6-4-16(5-7-17)12(18)10-2-3-11(14)19-10/h2-3,8H,4-7H2,1H3. The number of hydrogen-bond acceptors (Lipinski definition) is 5. The summed E-state index contributed by atoms with van der Waals surface area (Å²) in [6.07, 6.45) is 0. The first-order valence-electron chi connectivity index (χ1n) is 6.35. The maximum atomic E-state index is 12.2. The number of aryl methyl sites for hydroxylation is 1. The summed E-state index contributed by atoms with van der Waals surface area (Å²) >= 11 is 7.34. The summed E-state index contributed by atoms with van der Waals surface area (Å²) in [5, 5.41) is 3.30. The molecule has 1 saturated heterocycles. The topological polar surface area (TPSA) is 49.6 Å². The third-order valence-electron chi connectivity index (χ3n) is 3.23. The molecular formula is C13H14ClN3O2S. The highest BCUT2D eigenvalue weighted by atomic mass is 35.5. The maximum absolute atomic E-state index is 12.2. The van der Waals surface area contributed by atoms with Gasteiger partial charge in [-0.15, -0.1) is 11.3 Å². The molecule has 0 N–H and O–H groups in total. The van der Waals surface area contributed by atoms with E-state index in [0.29, 0.717) is 18.8 Å². The summed E-state index contributed by atoms with van der Waals surface area (Å²) in [5.41, 5.74) is 1.04. The van der Waals surface area contributed by atoms with Crippen molar-refractivity contribution in [1.82, 2.24) is 9.88 Å². The average molecular weight is 312 g/mol. The van der Waals surface area contributed by atoms with E-state index >= 15 is 0 Å². The van der Waals surface area contributed by atoms with Gasteiger partial charge in [-0.3, -0.25) is 4.79 Å². The Hall–Kier alpha value is -1.53. The first kappa shape index (κ1) is 13.5. The number of thiazole rings is 1. The Bertz CT molecular complexity index is 617. The molecule has 1 aliphatic heterocycles. The largest absolute Gasteiger partial charge is 0.440 e. The Morgan fingerprint density at radius 3 is 2.65 bits per heavy atom. The quantitative estimate of drug-likeness (QED) is 0.855. The van der Waals surface area contributed by atoms with Crippen molar-refractivity contribution >= 4 is 34.0 Å². The lowest BCUT2D eigenvalue weighted by Crippen LogP contribution is -2.48. The molecule has 7 heteroatoms. The number of carbonyl (C=O) groups excluding carboxylic acids is 1. The highest BCUT2D eigenvalue weighted by Crippen LogP contribution is 2.22. The number of nitrogens with zero attached hydrogens (tertiary/aromatic N) is 3. The van der Waals surface area contributed by atoms with Crippen molar-refractivity contribution in [3.8, 4) is 0 Å². The van der Waals surface area contributed by atoms with Gasteiger partial charge in [-0.2, -0.15) is 0 Å². The number of piperazine rings is 1. The van der Waals surface area contributed by atoms with Gasteiger partial charge in [0.05, 0.1) is 5.69 Å². The number of amides is 1. The van der Waals surface area contributed by atoms with Gasteiger partial charge in [-0.25, -0.2) is 4.98 Å². The summed E-state index contributed by atoms with van der Waals surface area (Å²) in [6, 6.07) is 3.20. The molecule has 0 atom stereocenters. The molecule has 2 aromatic rings. The Morgan fingerprint density at radius 1 is 1.35 bits per heavy atom. The van der Waals surface area contributed by atoms with Crippen LogP contribution in [0.15, 0.2) is 21.9 Å². The van der Waals surface area contributed by atoms with E-state index in [4.69, 9.17) is 16.0 Å². The molecule has 3 rings (SSSR count). The molecule has 3 heterocycles. The van der Waals surface area contributed by atoms with Crippen LogP contribution in [0.1, 0.15) is 16.2 Å². The van der Waals surface area contributed by atoms with Gasteiger partial charge in [0.2, 0.25) is 0 Å². The smallest absolute Gasteiger partial charge is 0.289 e. The average Bonchev–Trinajstić information content (AvgIpc) is 3.07. The Labute approximate surface area is 125 Å². The van der Waals surface area contributed by atoms with Crippen molar-refractivity contribution in [2.45, 2.75) is 6.92 Å². The zero-order chi connectivity index (χ0) is 14.1. The van der Waals surface area contributed by atoms with Gasteiger partial charge in [-0.05, 0) is 30.7 Å². The molecule has 1 amide bonds. The Morgan fingerprint density at radius 2 is 2.10 bits per heavy atom. The van der Waals surface area contributed by atoms with E-state index in [9.17, 15) is 4.79 Å². The molecule has 2 aromatic heterocycles. The Balaban J connectivity index is 1.62. The van der Waals surface area contributed by atoms with Crippen LogP contribution in [0, 0.1) is 6.92 Å². The van der Waals surface area contributed by atoms with Gasteiger partial charge in [0.1, 0.15) is 0 Å². The van der Waals surface area contributed by atoms with Crippen LogP contribution in [0.5, 0.6) is 0 Å². The van der Waals surface area contributed by atoms with E-state index in [2.05, 4.69) is 9.88 Å². The number of halogens is 1. The molecule has 0 saturated carbocycles. The summed E-state index contributed by atoms with van der Waals surface area (Å²) in [6.45, 7) is 4.88. The predicted molar refractivity (Wildman–Crippen MR) is 78.7 cm³/mol. The van der Waals surface area contributed by atoms with Crippen molar-refractivity contribution in [3.05, 3.63) is 34.2 Å². The van der Waals surface area contributed by atoms with Crippen LogP contribution >= 0.6 is 22.9 Å². The molecule has 1 aliphatic rings. The molecule has 5 nitrogen and oxygen atoms in total. The second kappa shape index (κ2) is 5.46. The monoisotopic (exact) mass is 311 g/mol.